The first kappa shape index (κ1) is 23.0. The molecule has 0 bridgehead atoms. The molecule has 0 saturated carbocycles. The first-order valence-corrected chi connectivity index (χ1v) is 13.0. The van der Waals surface area contributed by atoms with Gasteiger partial charge in [0.25, 0.3) is 5.24 Å². The third-order valence-corrected chi connectivity index (χ3v) is 7.13. The Morgan fingerprint density at radius 1 is 0.838 bits per heavy atom. The van der Waals surface area contributed by atoms with Crippen molar-refractivity contribution in [1.29, 1.82) is 0 Å². The number of anilines is 1. The summed E-state index contributed by atoms with van der Waals surface area (Å²) in [5.41, 5.74) is 6.27. The highest BCUT2D eigenvalue weighted by molar-refractivity contribution is 8.18. The van der Waals surface area contributed by atoms with E-state index < -0.39 is 0 Å². The normalized spacial score (nSPS) is 19.4. The third kappa shape index (κ3) is 5.10. The Kier molecular flexibility index (Phi) is 6.40. The van der Waals surface area contributed by atoms with Gasteiger partial charge >= 0.3 is 0 Å². The summed E-state index contributed by atoms with van der Waals surface area (Å²) in [6.45, 7) is 0. The van der Waals surface area contributed by atoms with Gasteiger partial charge in [-0.3, -0.25) is 9.80 Å². The lowest BCUT2D eigenvalue weighted by Crippen LogP contribution is -2.18. The Hall–Kier alpha value is -4.42. The molecule has 5 nitrogen and oxygen atoms in total. The van der Waals surface area contributed by atoms with Crippen LogP contribution in [-0.2, 0) is 0 Å². The first-order chi connectivity index (χ1) is 18.2. The predicted molar refractivity (Wildman–Crippen MR) is 153 cm³/mol. The van der Waals surface area contributed by atoms with E-state index >= 15 is 0 Å². The maximum atomic E-state index is 12.1. The molecule has 1 amide bonds. The molecule has 180 valence electrons. The number of nitrogens with one attached hydrogen (secondary N) is 1. The lowest BCUT2D eigenvalue weighted by Gasteiger charge is -2.24. The highest BCUT2D eigenvalue weighted by Crippen LogP contribution is 2.37. The van der Waals surface area contributed by atoms with E-state index in [1.165, 1.54) is 5.56 Å². The standard InChI is InChI=1S/C31H24N4OS/c36-31-33-30(32-25-14-8-3-9-15-25)29(37-31)20-22-16-18-26(19-17-22)35-28(24-12-6-2-7-13-24)21-27(34-35)23-10-4-1-5-11-23/h1-20,28H,21H2,(H,32,33,36)/b29-20-. The van der Waals surface area contributed by atoms with Crippen molar-refractivity contribution in [2.24, 2.45) is 10.1 Å². The van der Waals surface area contributed by atoms with Crippen LogP contribution in [0.4, 0.5) is 16.2 Å². The van der Waals surface area contributed by atoms with Gasteiger partial charge in [-0.05, 0) is 58.8 Å². The number of nitrogens with zero attached hydrogens (tertiary/aromatic N) is 3. The number of hydrogen-bond donors (Lipinski definition) is 1. The van der Waals surface area contributed by atoms with E-state index in [1.54, 1.807) is 0 Å². The van der Waals surface area contributed by atoms with Crippen molar-refractivity contribution in [2.75, 3.05) is 5.01 Å². The second-order valence-corrected chi connectivity index (χ2v) is 9.81. The molecule has 0 aliphatic carbocycles. The number of amides is 1. The van der Waals surface area contributed by atoms with E-state index in [9.17, 15) is 4.79 Å². The van der Waals surface area contributed by atoms with Crippen molar-refractivity contribution in [2.45, 2.75) is 12.5 Å². The molecule has 1 fully saturated rings. The van der Waals surface area contributed by atoms with Crippen LogP contribution in [-0.4, -0.2) is 16.8 Å². The molecule has 1 atom stereocenters. The molecule has 0 aromatic heterocycles. The highest BCUT2D eigenvalue weighted by atomic mass is 32.2. The molecule has 4 aromatic rings. The zero-order valence-corrected chi connectivity index (χ0v) is 20.8. The number of hydrazone groups is 1. The maximum absolute atomic E-state index is 12.1. The van der Waals surface area contributed by atoms with Gasteiger partial charge in [0.05, 0.1) is 28.0 Å². The van der Waals surface area contributed by atoms with E-state index in [2.05, 4.69) is 88.1 Å². The van der Waals surface area contributed by atoms with Gasteiger partial charge in [-0.2, -0.15) is 5.10 Å². The van der Waals surface area contributed by atoms with E-state index in [-0.39, 0.29) is 11.3 Å². The summed E-state index contributed by atoms with van der Waals surface area (Å²) in [6.07, 6.45) is 2.83. The molecule has 1 N–H and O–H groups in total. The molecular weight excluding hydrogens is 476 g/mol. The SMILES string of the molecule is O=C1NC(=Nc2ccccc2)/C(=C/c2ccc(N3N=C(c4ccccc4)CC3c3ccccc3)cc2)S1. The van der Waals surface area contributed by atoms with Crippen molar-refractivity contribution < 1.29 is 4.79 Å². The number of rotatable bonds is 5. The highest BCUT2D eigenvalue weighted by Gasteiger charge is 2.30. The van der Waals surface area contributed by atoms with Crippen molar-refractivity contribution in [3.05, 3.63) is 137 Å². The van der Waals surface area contributed by atoms with E-state index in [1.807, 2.05) is 48.5 Å². The average Bonchev–Trinajstić information content (AvgIpc) is 3.54. The van der Waals surface area contributed by atoms with Gasteiger partial charge in [-0.1, -0.05) is 91.0 Å². The number of carbonyl (C=O) groups excluding carboxylic acids is 1. The first-order valence-electron chi connectivity index (χ1n) is 12.1. The van der Waals surface area contributed by atoms with Crippen molar-refractivity contribution >= 4 is 46.0 Å². The van der Waals surface area contributed by atoms with Gasteiger partial charge in [0.2, 0.25) is 0 Å². The van der Waals surface area contributed by atoms with Crippen LogP contribution in [0.5, 0.6) is 0 Å². The summed E-state index contributed by atoms with van der Waals surface area (Å²) in [4.78, 5) is 17.5. The minimum atomic E-state index is -0.122. The van der Waals surface area contributed by atoms with Gasteiger partial charge in [0.15, 0.2) is 0 Å². The minimum Gasteiger partial charge on any atom is -0.300 e. The Morgan fingerprint density at radius 3 is 2.19 bits per heavy atom. The van der Waals surface area contributed by atoms with E-state index in [0.29, 0.717) is 5.84 Å². The fraction of sp³-hybridized carbons (Fsp3) is 0.0645. The molecule has 0 spiro atoms. The second kappa shape index (κ2) is 10.3. The number of benzene rings is 4. The molecule has 2 heterocycles. The van der Waals surface area contributed by atoms with Crippen LogP contribution in [0, 0.1) is 0 Å². The second-order valence-electron chi connectivity index (χ2n) is 8.80. The van der Waals surface area contributed by atoms with Gasteiger partial charge < -0.3 is 5.32 Å². The molecular formula is C31H24N4OS. The molecule has 37 heavy (non-hydrogen) atoms. The lowest BCUT2D eigenvalue weighted by molar-refractivity contribution is 0.265. The molecule has 1 unspecified atom stereocenters. The quantitative estimate of drug-likeness (QED) is 0.307. The molecule has 2 aliphatic rings. The Labute approximate surface area is 220 Å². The third-order valence-electron chi connectivity index (χ3n) is 6.31. The van der Waals surface area contributed by atoms with Crippen LogP contribution in [0.3, 0.4) is 0 Å². The summed E-state index contributed by atoms with van der Waals surface area (Å²) < 4.78 is 0. The van der Waals surface area contributed by atoms with Gasteiger partial charge in [0.1, 0.15) is 5.84 Å². The molecule has 2 aliphatic heterocycles. The zero-order chi connectivity index (χ0) is 25.0. The maximum Gasteiger partial charge on any atom is 0.289 e. The molecule has 6 heteroatoms. The van der Waals surface area contributed by atoms with Gasteiger partial charge in [-0.25, -0.2) is 4.99 Å². The summed E-state index contributed by atoms with van der Waals surface area (Å²) in [5.74, 6) is 0.575. The number of para-hydroxylation sites is 1. The van der Waals surface area contributed by atoms with Crippen molar-refractivity contribution in [3.8, 4) is 0 Å². The largest absolute Gasteiger partial charge is 0.300 e. The number of carbonyl (C=O) groups is 1. The lowest BCUT2D eigenvalue weighted by atomic mass is 9.98. The molecule has 1 saturated heterocycles. The molecule has 6 rings (SSSR count). The van der Waals surface area contributed by atoms with Crippen molar-refractivity contribution in [3.63, 3.8) is 0 Å². The fourth-order valence-corrected chi connectivity index (χ4v) is 5.24. The Bertz CT molecular complexity index is 1500. The summed E-state index contributed by atoms with van der Waals surface area (Å²) in [6, 6.07) is 38.9. The van der Waals surface area contributed by atoms with Crippen molar-refractivity contribution in [1.82, 2.24) is 5.32 Å². The van der Waals surface area contributed by atoms with Crippen LogP contribution in [0.2, 0.25) is 0 Å². The number of aliphatic imine (C=N–C) groups is 1. The fourth-order valence-electron chi connectivity index (χ4n) is 4.51. The Balaban J connectivity index is 1.30. The monoisotopic (exact) mass is 500 g/mol. The van der Waals surface area contributed by atoms with Gasteiger partial charge in [-0.15, -0.1) is 0 Å². The number of amidine groups is 1. The number of thioether (sulfide) groups is 1. The minimum absolute atomic E-state index is 0.122. The molecule has 0 radical (unpaired) electrons. The summed E-state index contributed by atoms with van der Waals surface area (Å²) >= 11 is 1.16. The average molecular weight is 501 g/mol. The topological polar surface area (TPSA) is 57.1 Å². The van der Waals surface area contributed by atoms with E-state index in [4.69, 9.17) is 5.10 Å². The van der Waals surface area contributed by atoms with Crippen LogP contribution >= 0.6 is 11.8 Å². The van der Waals surface area contributed by atoms with Gasteiger partial charge in [0, 0.05) is 6.42 Å². The van der Waals surface area contributed by atoms with Crippen LogP contribution in [0.1, 0.15) is 29.2 Å². The van der Waals surface area contributed by atoms with Crippen LogP contribution < -0.4 is 10.3 Å². The van der Waals surface area contributed by atoms with E-state index in [0.717, 1.165) is 51.3 Å². The number of hydrogen-bond acceptors (Lipinski definition) is 5. The Morgan fingerprint density at radius 2 is 1.49 bits per heavy atom. The predicted octanol–water partition coefficient (Wildman–Crippen LogP) is 7.57. The molecule has 4 aromatic carbocycles. The summed E-state index contributed by atoms with van der Waals surface area (Å²) in [5, 5.41) is 9.89. The zero-order valence-electron chi connectivity index (χ0n) is 20.0. The van der Waals surface area contributed by atoms with Crippen LogP contribution in [0.25, 0.3) is 6.08 Å². The smallest absolute Gasteiger partial charge is 0.289 e. The summed E-state index contributed by atoms with van der Waals surface area (Å²) in [7, 11) is 0. The van der Waals surface area contributed by atoms with Crippen LogP contribution in [0.15, 0.2) is 130 Å².